The highest BCUT2D eigenvalue weighted by Crippen LogP contribution is 1.97. The van der Waals surface area contributed by atoms with Gasteiger partial charge in [-0.1, -0.05) is 0 Å². The maximum Gasteiger partial charge on any atom is 0.253 e. The number of rotatable bonds is 3. The Morgan fingerprint density at radius 2 is 2.29 bits per heavy atom. The summed E-state index contributed by atoms with van der Waals surface area (Å²) < 4.78 is 1.42. The Labute approximate surface area is 87.2 Å². The summed E-state index contributed by atoms with van der Waals surface area (Å²) in [6.45, 7) is 3.69. The highest BCUT2D eigenvalue weighted by atomic mass is 35.5. The van der Waals surface area contributed by atoms with Crippen LogP contribution < -0.4 is 5.56 Å². The zero-order valence-electron chi connectivity index (χ0n) is 8.20. The van der Waals surface area contributed by atoms with Gasteiger partial charge in [0.15, 0.2) is 0 Å². The molecule has 1 unspecified atom stereocenters. The van der Waals surface area contributed by atoms with E-state index in [-0.39, 0.29) is 18.0 Å². The topological polar surface area (TPSA) is 55.1 Å². The van der Waals surface area contributed by atoms with Crippen LogP contribution in [0.5, 0.6) is 0 Å². The van der Waals surface area contributed by atoms with Gasteiger partial charge < -0.3 is 5.11 Å². The highest BCUT2D eigenvalue weighted by Gasteiger charge is 2.08. The lowest BCUT2D eigenvalue weighted by Crippen LogP contribution is -2.29. The maximum atomic E-state index is 11.5. The molecule has 1 rings (SSSR count). The highest BCUT2D eigenvalue weighted by molar-refractivity contribution is 6.18. The zero-order chi connectivity index (χ0) is 10.7. The second-order valence-electron chi connectivity index (χ2n) is 3.20. The van der Waals surface area contributed by atoms with Crippen molar-refractivity contribution in [1.29, 1.82) is 0 Å². The van der Waals surface area contributed by atoms with Crippen LogP contribution in [0.1, 0.15) is 11.5 Å². The molecule has 1 aromatic heterocycles. The molecular formula is C9H13ClN2O2. The number of aromatic nitrogens is 2. The molecule has 0 radical (unpaired) electrons. The standard InChI is InChI=1S/C9H13ClN2O2/c1-6-3-9(14)12(7(2)11-6)5-8(13)4-10/h3,8,13H,4-5H2,1-2H3. The summed E-state index contributed by atoms with van der Waals surface area (Å²) in [7, 11) is 0. The molecule has 1 heterocycles. The number of nitrogens with zero attached hydrogens (tertiary/aromatic N) is 2. The van der Waals surface area contributed by atoms with Crippen LogP contribution >= 0.6 is 11.6 Å². The van der Waals surface area contributed by atoms with E-state index >= 15 is 0 Å². The third kappa shape index (κ3) is 2.56. The molecule has 0 fully saturated rings. The molecule has 0 amide bonds. The molecule has 78 valence electrons. The van der Waals surface area contributed by atoms with Crippen molar-refractivity contribution in [3.05, 3.63) is 27.9 Å². The largest absolute Gasteiger partial charge is 0.390 e. The summed E-state index contributed by atoms with van der Waals surface area (Å²) in [5.74, 6) is 0.707. The molecule has 0 aliphatic heterocycles. The van der Waals surface area contributed by atoms with E-state index in [1.54, 1.807) is 13.8 Å². The first-order valence-electron chi connectivity index (χ1n) is 4.33. The number of aliphatic hydroxyl groups excluding tert-OH is 1. The minimum absolute atomic E-state index is 0.111. The molecule has 14 heavy (non-hydrogen) atoms. The molecule has 0 saturated carbocycles. The molecule has 0 spiro atoms. The fraction of sp³-hybridized carbons (Fsp3) is 0.556. The van der Waals surface area contributed by atoms with E-state index in [1.165, 1.54) is 10.6 Å². The van der Waals surface area contributed by atoms with E-state index in [1.807, 2.05) is 0 Å². The first-order valence-corrected chi connectivity index (χ1v) is 4.87. The van der Waals surface area contributed by atoms with E-state index in [4.69, 9.17) is 11.6 Å². The molecule has 4 nitrogen and oxygen atoms in total. The Kier molecular flexibility index (Phi) is 3.66. The van der Waals surface area contributed by atoms with Gasteiger partial charge in [0.05, 0.1) is 18.5 Å². The van der Waals surface area contributed by atoms with Gasteiger partial charge in [-0.05, 0) is 13.8 Å². The third-order valence-corrected chi connectivity index (χ3v) is 2.25. The van der Waals surface area contributed by atoms with E-state index in [2.05, 4.69) is 4.98 Å². The molecule has 0 bridgehead atoms. The second-order valence-corrected chi connectivity index (χ2v) is 3.51. The van der Waals surface area contributed by atoms with E-state index < -0.39 is 6.10 Å². The Hall–Kier alpha value is -0.870. The fourth-order valence-corrected chi connectivity index (χ4v) is 1.34. The van der Waals surface area contributed by atoms with Gasteiger partial charge in [0.2, 0.25) is 0 Å². The first-order chi connectivity index (χ1) is 6.54. The number of alkyl halides is 1. The first kappa shape index (κ1) is 11.2. The summed E-state index contributed by atoms with van der Waals surface area (Å²) >= 11 is 5.45. The third-order valence-electron chi connectivity index (χ3n) is 1.90. The number of aryl methyl sites for hydroxylation is 2. The number of aliphatic hydroxyl groups is 1. The molecule has 0 aliphatic rings. The van der Waals surface area contributed by atoms with Crippen LogP contribution in [0.3, 0.4) is 0 Å². The molecule has 1 N–H and O–H groups in total. The van der Waals surface area contributed by atoms with Gasteiger partial charge in [0.25, 0.3) is 5.56 Å². The molecule has 1 atom stereocenters. The van der Waals surface area contributed by atoms with Crippen LogP contribution in [0.25, 0.3) is 0 Å². The van der Waals surface area contributed by atoms with E-state index in [9.17, 15) is 9.90 Å². The molecule has 0 aromatic carbocycles. The Morgan fingerprint density at radius 1 is 1.64 bits per heavy atom. The normalized spacial score (nSPS) is 12.9. The van der Waals surface area contributed by atoms with Crippen molar-refractivity contribution in [1.82, 2.24) is 9.55 Å². The number of halogens is 1. The predicted octanol–water partition coefficient (Wildman–Crippen LogP) is 0.460. The Morgan fingerprint density at radius 3 is 2.79 bits per heavy atom. The second kappa shape index (κ2) is 4.57. The van der Waals surface area contributed by atoms with E-state index in [0.717, 1.165) is 0 Å². The van der Waals surface area contributed by atoms with Gasteiger partial charge in [-0.3, -0.25) is 9.36 Å². The Balaban J connectivity index is 3.03. The van der Waals surface area contributed by atoms with Crippen molar-refractivity contribution in [3.8, 4) is 0 Å². The summed E-state index contributed by atoms with van der Waals surface area (Å²) in [6.07, 6.45) is -0.711. The summed E-state index contributed by atoms with van der Waals surface area (Å²) in [5, 5.41) is 9.31. The fourth-order valence-electron chi connectivity index (χ4n) is 1.25. The predicted molar refractivity (Wildman–Crippen MR) is 54.7 cm³/mol. The minimum atomic E-state index is -0.711. The smallest absolute Gasteiger partial charge is 0.253 e. The van der Waals surface area contributed by atoms with Gasteiger partial charge in [-0.15, -0.1) is 11.6 Å². The molecule has 0 saturated heterocycles. The van der Waals surface area contributed by atoms with Crippen molar-refractivity contribution >= 4 is 11.6 Å². The van der Waals surface area contributed by atoms with Crippen LogP contribution in [-0.4, -0.2) is 26.6 Å². The summed E-state index contributed by atoms with van der Waals surface area (Å²) in [4.78, 5) is 15.6. The molecule has 5 heteroatoms. The average Bonchev–Trinajstić information content (AvgIpc) is 2.10. The van der Waals surface area contributed by atoms with Crippen molar-refractivity contribution in [3.63, 3.8) is 0 Å². The van der Waals surface area contributed by atoms with Gasteiger partial charge in [0, 0.05) is 11.8 Å². The SMILES string of the molecule is Cc1cc(=O)n(CC(O)CCl)c(C)n1. The van der Waals surface area contributed by atoms with Crippen molar-refractivity contribution in [2.45, 2.75) is 26.5 Å². The number of hydrogen-bond donors (Lipinski definition) is 1. The van der Waals surface area contributed by atoms with Gasteiger partial charge >= 0.3 is 0 Å². The minimum Gasteiger partial charge on any atom is -0.390 e. The van der Waals surface area contributed by atoms with Crippen molar-refractivity contribution < 1.29 is 5.11 Å². The van der Waals surface area contributed by atoms with Crippen LogP contribution in [0.15, 0.2) is 10.9 Å². The van der Waals surface area contributed by atoms with Crippen LogP contribution in [-0.2, 0) is 6.54 Å². The lowest BCUT2D eigenvalue weighted by molar-refractivity contribution is 0.173. The maximum absolute atomic E-state index is 11.5. The van der Waals surface area contributed by atoms with Crippen LogP contribution in [0.2, 0.25) is 0 Å². The summed E-state index contributed by atoms with van der Waals surface area (Å²) in [6, 6.07) is 1.44. The van der Waals surface area contributed by atoms with Crippen LogP contribution in [0.4, 0.5) is 0 Å². The average molecular weight is 217 g/mol. The molecule has 0 aliphatic carbocycles. The van der Waals surface area contributed by atoms with Crippen LogP contribution in [0, 0.1) is 13.8 Å². The monoisotopic (exact) mass is 216 g/mol. The van der Waals surface area contributed by atoms with E-state index in [0.29, 0.717) is 11.5 Å². The molecule has 1 aromatic rings. The quantitative estimate of drug-likeness (QED) is 0.747. The van der Waals surface area contributed by atoms with Gasteiger partial charge in [-0.25, -0.2) is 4.98 Å². The van der Waals surface area contributed by atoms with Crippen molar-refractivity contribution in [2.24, 2.45) is 0 Å². The van der Waals surface area contributed by atoms with Gasteiger partial charge in [-0.2, -0.15) is 0 Å². The lowest BCUT2D eigenvalue weighted by atomic mass is 10.3. The van der Waals surface area contributed by atoms with Gasteiger partial charge in [0.1, 0.15) is 5.82 Å². The molecular weight excluding hydrogens is 204 g/mol. The summed E-state index contributed by atoms with van der Waals surface area (Å²) in [5.41, 5.74) is 0.531. The number of hydrogen-bond acceptors (Lipinski definition) is 3. The Bertz CT molecular complexity index is 376. The lowest BCUT2D eigenvalue weighted by Gasteiger charge is -2.12. The van der Waals surface area contributed by atoms with Crippen molar-refractivity contribution in [2.75, 3.05) is 5.88 Å². The zero-order valence-corrected chi connectivity index (χ0v) is 8.95.